The van der Waals surface area contributed by atoms with Gasteiger partial charge in [-0.1, -0.05) is 21.1 Å². The third kappa shape index (κ3) is 2.96. The van der Waals surface area contributed by atoms with Crippen molar-refractivity contribution in [1.29, 1.82) is 0 Å². The Labute approximate surface area is 132 Å². The van der Waals surface area contributed by atoms with Gasteiger partial charge in [0.25, 0.3) is 10.0 Å². The summed E-state index contributed by atoms with van der Waals surface area (Å²) in [5.41, 5.74) is 0.315. The lowest BCUT2D eigenvalue weighted by molar-refractivity contribution is 0.417. The fourth-order valence-electron chi connectivity index (χ4n) is 1.56. The number of ether oxygens (including phenoxy) is 1. The zero-order valence-electron chi connectivity index (χ0n) is 10.5. The van der Waals surface area contributed by atoms with Crippen LogP contribution in [0.25, 0.3) is 0 Å². The van der Waals surface area contributed by atoms with Crippen molar-refractivity contribution >= 4 is 47.6 Å². The highest BCUT2D eigenvalue weighted by Crippen LogP contribution is 2.30. The number of hydrogen-bond acceptors (Lipinski definition) is 5. The van der Waals surface area contributed by atoms with Gasteiger partial charge in [-0.15, -0.1) is 5.10 Å². The van der Waals surface area contributed by atoms with Crippen LogP contribution in [-0.2, 0) is 17.1 Å². The normalized spacial score (nSPS) is 11.4. The minimum Gasteiger partial charge on any atom is -0.495 e. The predicted molar refractivity (Wildman–Crippen MR) is 80.2 cm³/mol. The van der Waals surface area contributed by atoms with Crippen LogP contribution in [0.5, 0.6) is 5.75 Å². The van der Waals surface area contributed by atoms with Crippen LogP contribution < -0.4 is 9.46 Å². The van der Waals surface area contributed by atoms with Crippen molar-refractivity contribution in [3.05, 3.63) is 27.3 Å². The van der Waals surface area contributed by atoms with Crippen molar-refractivity contribution in [2.75, 3.05) is 11.8 Å². The summed E-state index contributed by atoms with van der Waals surface area (Å²) >= 11 is 6.34. The highest BCUT2D eigenvalue weighted by Gasteiger charge is 2.25. The van der Waals surface area contributed by atoms with Crippen molar-refractivity contribution in [2.24, 2.45) is 7.05 Å². The maximum absolute atomic E-state index is 12.4. The van der Waals surface area contributed by atoms with E-state index in [1.807, 2.05) is 0 Å². The molecule has 0 bridgehead atoms. The Balaban J connectivity index is 2.46. The molecule has 7 nitrogen and oxygen atoms in total. The van der Waals surface area contributed by atoms with E-state index in [1.54, 1.807) is 18.2 Å². The number of nitrogens with one attached hydrogen (secondary N) is 1. The minimum atomic E-state index is -3.84. The lowest BCUT2D eigenvalue weighted by Crippen LogP contribution is -2.17. The second-order valence-corrected chi connectivity index (χ2v) is 7.02. The van der Waals surface area contributed by atoms with E-state index in [0.29, 0.717) is 11.4 Å². The molecule has 0 aliphatic heterocycles. The number of nitrogens with zero attached hydrogens (tertiary/aromatic N) is 3. The summed E-state index contributed by atoms with van der Waals surface area (Å²) in [7, 11) is -0.889. The van der Waals surface area contributed by atoms with Gasteiger partial charge >= 0.3 is 0 Å². The van der Waals surface area contributed by atoms with Gasteiger partial charge in [0.15, 0.2) is 4.60 Å². The third-order valence-electron chi connectivity index (χ3n) is 2.40. The molecule has 20 heavy (non-hydrogen) atoms. The van der Waals surface area contributed by atoms with Crippen LogP contribution in [0.3, 0.4) is 0 Å². The molecule has 1 aromatic heterocycles. The molecule has 1 N–H and O–H groups in total. The van der Waals surface area contributed by atoms with Crippen molar-refractivity contribution in [3.8, 4) is 5.75 Å². The van der Waals surface area contributed by atoms with Crippen molar-refractivity contribution in [1.82, 2.24) is 15.0 Å². The first-order valence-electron chi connectivity index (χ1n) is 5.26. The molecule has 0 saturated carbocycles. The molecule has 108 valence electrons. The molecule has 0 aliphatic carbocycles. The first-order valence-corrected chi connectivity index (χ1v) is 8.33. The monoisotopic (exact) mass is 424 g/mol. The van der Waals surface area contributed by atoms with E-state index in [-0.39, 0.29) is 9.63 Å². The molecular formula is C10H10Br2N4O3S. The molecule has 0 atom stereocenters. The van der Waals surface area contributed by atoms with Crippen molar-refractivity contribution in [3.63, 3.8) is 0 Å². The summed E-state index contributed by atoms with van der Waals surface area (Å²) in [6.07, 6.45) is 0. The SMILES string of the molecule is COc1ccc(Br)cc1NS(=O)(=O)c1c(Br)nnn1C. The first-order chi connectivity index (χ1) is 9.35. The first kappa shape index (κ1) is 15.3. The summed E-state index contributed by atoms with van der Waals surface area (Å²) < 4.78 is 34.3. The van der Waals surface area contributed by atoms with Gasteiger partial charge in [0, 0.05) is 11.5 Å². The van der Waals surface area contributed by atoms with Crippen LogP contribution >= 0.6 is 31.9 Å². The Morgan fingerprint density at radius 3 is 2.60 bits per heavy atom. The number of aromatic nitrogens is 3. The van der Waals surface area contributed by atoms with Gasteiger partial charge in [-0.3, -0.25) is 4.72 Å². The van der Waals surface area contributed by atoms with E-state index in [1.165, 1.54) is 14.2 Å². The van der Waals surface area contributed by atoms with Gasteiger partial charge in [-0.2, -0.15) is 8.42 Å². The number of rotatable bonds is 4. The molecule has 1 heterocycles. The number of anilines is 1. The van der Waals surface area contributed by atoms with E-state index in [2.05, 4.69) is 46.9 Å². The number of halogens is 2. The Morgan fingerprint density at radius 2 is 2.05 bits per heavy atom. The Morgan fingerprint density at radius 1 is 1.35 bits per heavy atom. The predicted octanol–water partition coefficient (Wildman–Crippen LogP) is 2.15. The average molecular weight is 426 g/mol. The highest BCUT2D eigenvalue weighted by molar-refractivity contribution is 9.10. The zero-order valence-corrected chi connectivity index (χ0v) is 14.5. The molecule has 0 unspecified atom stereocenters. The molecule has 10 heteroatoms. The Kier molecular flexibility index (Phi) is 4.35. The smallest absolute Gasteiger partial charge is 0.282 e. The Hall–Kier alpha value is -1.13. The molecule has 0 spiro atoms. The van der Waals surface area contributed by atoms with Gasteiger partial charge in [-0.25, -0.2) is 4.68 Å². The number of sulfonamides is 1. The summed E-state index contributed by atoms with van der Waals surface area (Å²) in [6, 6.07) is 5.00. The number of aryl methyl sites for hydroxylation is 1. The molecule has 2 aromatic rings. The van der Waals surface area contributed by atoms with Gasteiger partial charge in [0.05, 0.1) is 12.8 Å². The quantitative estimate of drug-likeness (QED) is 0.810. The highest BCUT2D eigenvalue weighted by atomic mass is 79.9. The van der Waals surface area contributed by atoms with E-state index < -0.39 is 10.0 Å². The van der Waals surface area contributed by atoms with Gasteiger partial charge in [-0.05, 0) is 34.1 Å². The fraction of sp³-hybridized carbons (Fsp3) is 0.200. The molecule has 1 aromatic carbocycles. The molecule has 0 saturated heterocycles. The van der Waals surface area contributed by atoms with Gasteiger partial charge in [0.2, 0.25) is 5.03 Å². The maximum atomic E-state index is 12.4. The molecular weight excluding hydrogens is 416 g/mol. The van der Waals surface area contributed by atoms with Crippen LogP contribution in [0.4, 0.5) is 5.69 Å². The largest absolute Gasteiger partial charge is 0.495 e. The lowest BCUT2D eigenvalue weighted by atomic mass is 10.3. The summed E-state index contributed by atoms with van der Waals surface area (Å²) in [6.45, 7) is 0. The van der Waals surface area contributed by atoms with E-state index >= 15 is 0 Å². The van der Waals surface area contributed by atoms with Crippen LogP contribution in [0.2, 0.25) is 0 Å². The standard InChI is InChI=1S/C10H10Br2N4O3S/c1-16-10(9(12)13-15-16)20(17,18)14-7-5-6(11)3-4-8(7)19-2/h3-5,14H,1-2H3. The molecule has 0 radical (unpaired) electrons. The number of benzene rings is 1. The van der Waals surface area contributed by atoms with Crippen LogP contribution in [0.15, 0.2) is 32.3 Å². The number of hydrogen-bond donors (Lipinski definition) is 1. The van der Waals surface area contributed by atoms with Gasteiger partial charge in [0.1, 0.15) is 5.75 Å². The fourth-order valence-corrected chi connectivity index (χ4v) is 4.08. The van der Waals surface area contributed by atoms with Crippen molar-refractivity contribution < 1.29 is 13.2 Å². The van der Waals surface area contributed by atoms with Crippen LogP contribution in [-0.4, -0.2) is 30.5 Å². The summed E-state index contributed by atoms with van der Waals surface area (Å²) in [5.74, 6) is 0.406. The van der Waals surface area contributed by atoms with Gasteiger partial charge < -0.3 is 4.74 Å². The molecule has 0 amide bonds. The third-order valence-corrected chi connectivity index (χ3v) is 5.14. The summed E-state index contributed by atoms with van der Waals surface area (Å²) in [5, 5.41) is 7.23. The maximum Gasteiger partial charge on any atom is 0.282 e. The van der Waals surface area contributed by atoms with Crippen molar-refractivity contribution in [2.45, 2.75) is 5.03 Å². The van der Waals surface area contributed by atoms with E-state index in [0.717, 1.165) is 9.15 Å². The number of methoxy groups -OCH3 is 1. The zero-order chi connectivity index (χ0) is 14.9. The van der Waals surface area contributed by atoms with Crippen LogP contribution in [0.1, 0.15) is 0 Å². The topological polar surface area (TPSA) is 86.1 Å². The average Bonchev–Trinajstić information content (AvgIpc) is 2.69. The van der Waals surface area contributed by atoms with Crippen LogP contribution in [0, 0.1) is 0 Å². The lowest BCUT2D eigenvalue weighted by Gasteiger charge is -2.12. The van der Waals surface area contributed by atoms with E-state index in [4.69, 9.17) is 4.74 Å². The molecule has 0 aliphatic rings. The summed E-state index contributed by atoms with van der Waals surface area (Å²) in [4.78, 5) is 0. The minimum absolute atomic E-state index is 0.0699. The molecule has 0 fully saturated rings. The second kappa shape index (κ2) is 5.70. The van der Waals surface area contributed by atoms with E-state index in [9.17, 15) is 8.42 Å². The second-order valence-electron chi connectivity index (χ2n) is 3.76. The Bertz CT molecular complexity index is 725. The molecule has 2 rings (SSSR count).